The number of hydrogen-bond donors (Lipinski definition) is 1. The number of phenols is 1. The standard InChI is InChI=1S/C16H24N2O2Si/c1-13-5-6-14(9-16(13)19)15-10-17-18(11-15)12-20-7-8-21(2,3)4/h5-6,9-11,19H,7-8,12H2,1-4H3. The van der Waals surface area contributed by atoms with Crippen LogP contribution in [0.1, 0.15) is 5.56 Å². The summed E-state index contributed by atoms with van der Waals surface area (Å²) in [7, 11) is -1.04. The monoisotopic (exact) mass is 304 g/mol. The minimum Gasteiger partial charge on any atom is -0.508 e. The van der Waals surface area contributed by atoms with Gasteiger partial charge in [-0.25, -0.2) is 4.68 Å². The van der Waals surface area contributed by atoms with Crippen molar-refractivity contribution in [1.29, 1.82) is 0 Å². The Bertz CT molecular complexity index is 603. The van der Waals surface area contributed by atoms with E-state index < -0.39 is 8.07 Å². The van der Waals surface area contributed by atoms with Crippen molar-refractivity contribution in [1.82, 2.24) is 9.78 Å². The molecule has 2 aromatic rings. The Morgan fingerprint density at radius 1 is 1.24 bits per heavy atom. The maximum atomic E-state index is 9.77. The zero-order valence-electron chi connectivity index (χ0n) is 13.3. The Hall–Kier alpha value is -1.59. The van der Waals surface area contributed by atoms with Crippen molar-refractivity contribution < 1.29 is 9.84 Å². The van der Waals surface area contributed by atoms with Gasteiger partial charge in [0.2, 0.25) is 0 Å². The second kappa shape index (κ2) is 6.45. The van der Waals surface area contributed by atoms with Gasteiger partial charge in [0.25, 0.3) is 0 Å². The molecule has 0 fully saturated rings. The Kier molecular flexibility index (Phi) is 4.85. The average molecular weight is 304 g/mol. The highest BCUT2D eigenvalue weighted by atomic mass is 28.3. The van der Waals surface area contributed by atoms with Crippen LogP contribution in [-0.2, 0) is 11.5 Å². The molecule has 0 aliphatic carbocycles. The van der Waals surface area contributed by atoms with E-state index in [1.807, 2.05) is 25.3 Å². The maximum absolute atomic E-state index is 9.77. The summed E-state index contributed by atoms with van der Waals surface area (Å²) in [6.45, 7) is 10.2. The molecule has 5 heteroatoms. The average Bonchev–Trinajstić information content (AvgIpc) is 2.86. The minimum atomic E-state index is -1.04. The Balaban J connectivity index is 1.93. The van der Waals surface area contributed by atoms with Gasteiger partial charge in [-0.15, -0.1) is 0 Å². The van der Waals surface area contributed by atoms with Gasteiger partial charge in [-0.05, 0) is 30.2 Å². The van der Waals surface area contributed by atoms with E-state index in [1.54, 1.807) is 16.9 Å². The van der Waals surface area contributed by atoms with Crippen molar-refractivity contribution in [3.63, 3.8) is 0 Å². The summed E-state index contributed by atoms with van der Waals surface area (Å²) in [5.74, 6) is 0.312. The van der Waals surface area contributed by atoms with Gasteiger partial charge in [0.1, 0.15) is 12.5 Å². The molecule has 1 N–H and O–H groups in total. The topological polar surface area (TPSA) is 47.3 Å². The van der Waals surface area contributed by atoms with Gasteiger partial charge < -0.3 is 9.84 Å². The summed E-state index contributed by atoms with van der Waals surface area (Å²) in [4.78, 5) is 0. The van der Waals surface area contributed by atoms with E-state index in [2.05, 4.69) is 24.7 Å². The first kappa shape index (κ1) is 15.8. The van der Waals surface area contributed by atoms with Gasteiger partial charge >= 0.3 is 0 Å². The Morgan fingerprint density at radius 2 is 2.00 bits per heavy atom. The van der Waals surface area contributed by atoms with Gasteiger partial charge in [0, 0.05) is 26.4 Å². The quantitative estimate of drug-likeness (QED) is 0.651. The minimum absolute atomic E-state index is 0.312. The lowest BCUT2D eigenvalue weighted by Gasteiger charge is -2.15. The molecular formula is C16H24N2O2Si. The molecule has 114 valence electrons. The highest BCUT2D eigenvalue weighted by Gasteiger charge is 2.12. The van der Waals surface area contributed by atoms with Gasteiger partial charge in [-0.2, -0.15) is 5.10 Å². The molecule has 4 nitrogen and oxygen atoms in total. The second-order valence-electron chi connectivity index (χ2n) is 6.62. The fourth-order valence-electron chi connectivity index (χ4n) is 1.91. The molecule has 1 aromatic heterocycles. The number of hydrogen-bond acceptors (Lipinski definition) is 3. The van der Waals surface area contributed by atoms with Gasteiger partial charge in [-0.1, -0.05) is 31.8 Å². The van der Waals surface area contributed by atoms with Crippen LogP contribution in [0.15, 0.2) is 30.6 Å². The van der Waals surface area contributed by atoms with Crippen LogP contribution in [0, 0.1) is 6.92 Å². The van der Waals surface area contributed by atoms with Gasteiger partial charge in [0.05, 0.1) is 6.20 Å². The molecular weight excluding hydrogens is 280 g/mol. The molecule has 0 unspecified atom stereocenters. The molecule has 0 bridgehead atoms. The van der Waals surface area contributed by atoms with Crippen LogP contribution in [-0.4, -0.2) is 29.6 Å². The Labute approximate surface area is 127 Å². The lowest BCUT2D eigenvalue weighted by molar-refractivity contribution is 0.0786. The molecule has 21 heavy (non-hydrogen) atoms. The van der Waals surface area contributed by atoms with Crippen molar-refractivity contribution >= 4 is 8.07 Å². The first-order valence-electron chi connectivity index (χ1n) is 7.25. The number of aryl methyl sites for hydroxylation is 1. The van der Waals surface area contributed by atoms with Crippen LogP contribution in [0.2, 0.25) is 25.7 Å². The first-order chi connectivity index (χ1) is 9.85. The second-order valence-corrected chi connectivity index (χ2v) is 12.2. The lowest BCUT2D eigenvalue weighted by atomic mass is 10.1. The van der Waals surface area contributed by atoms with Crippen LogP contribution >= 0.6 is 0 Å². The third-order valence-electron chi connectivity index (χ3n) is 3.40. The highest BCUT2D eigenvalue weighted by Crippen LogP contribution is 2.25. The number of ether oxygens (including phenoxy) is 1. The molecule has 0 atom stereocenters. The van der Waals surface area contributed by atoms with Gasteiger partial charge in [0.15, 0.2) is 0 Å². The zero-order chi connectivity index (χ0) is 15.5. The molecule has 0 spiro atoms. The van der Waals surface area contributed by atoms with Crippen LogP contribution in [0.4, 0.5) is 0 Å². The zero-order valence-corrected chi connectivity index (χ0v) is 14.3. The van der Waals surface area contributed by atoms with E-state index in [1.165, 1.54) is 0 Å². The van der Waals surface area contributed by atoms with Crippen LogP contribution in [0.25, 0.3) is 11.1 Å². The predicted octanol–water partition coefficient (Wildman–Crippen LogP) is 3.88. The molecule has 2 rings (SSSR count). The molecule has 0 saturated heterocycles. The largest absolute Gasteiger partial charge is 0.508 e. The van der Waals surface area contributed by atoms with E-state index in [0.29, 0.717) is 12.5 Å². The number of phenolic OH excluding ortho intramolecular Hbond substituents is 1. The van der Waals surface area contributed by atoms with Crippen molar-refractivity contribution in [2.24, 2.45) is 0 Å². The van der Waals surface area contributed by atoms with E-state index >= 15 is 0 Å². The fourth-order valence-corrected chi connectivity index (χ4v) is 2.67. The van der Waals surface area contributed by atoms with Crippen LogP contribution < -0.4 is 0 Å². The molecule has 0 saturated carbocycles. The van der Waals surface area contributed by atoms with Crippen molar-refractivity contribution in [2.45, 2.75) is 39.3 Å². The predicted molar refractivity (Wildman–Crippen MR) is 88.2 cm³/mol. The van der Waals surface area contributed by atoms with E-state index in [-0.39, 0.29) is 0 Å². The number of nitrogens with zero attached hydrogens (tertiary/aromatic N) is 2. The molecule has 1 heterocycles. The molecule has 0 aliphatic rings. The summed E-state index contributed by atoms with van der Waals surface area (Å²) < 4.78 is 7.46. The molecule has 1 aromatic carbocycles. The summed E-state index contributed by atoms with van der Waals surface area (Å²) in [6.07, 6.45) is 3.74. The SMILES string of the molecule is Cc1ccc(-c2cnn(COCC[Si](C)(C)C)c2)cc1O. The van der Waals surface area contributed by atoms with E-state index in [4.69, 9.17) is 4.74 Å². The number of benzene rings is 1. The third-order valence-corrected chi connectivity index (χ3v) is 5.10. The molecule has 0 amide bonds. The number of rotatable bonds is 6. The van der Waals surface area contributed by atoms with Gasteiger partial charge in [-0.3, -0.25) is 0 Å². The maximum Gasteiger partial charge on any atom is 0.139 e. The first-order valence-corrected chi connectivity index (χ1v) is 11.0. The van der Waals surface area contributed by atoms with Crippen molar-refractivity contribution in [3.8, 4) is 16.9 Å². The van der Waals surface area contributed by atoms with Crippen molar-refractivity contribution in [2.75, 3.05) is 6.61 Å². The van der Waals surface area contributed by atoms with Crippen LogP contribution in [0.5, 0.6) is 5.75 Å². The summed E-state index contributed by atoms with van der Waals surface area (Å²) >= 11 is 0. The summed E-state index contributed by atoms with van der Waals surface area (Å²) in [5.41, 5.74) is 2.83. The third kappa shape index (κ3) is 4.72. The summed E-state index contributed by atoms with van der Waals surface area (Å²) in [6, 6.07) is 6.82. The smallest absolute Gasteiger partial charge is 0.139 e. The highest BCUT2D eigenvalue weighted by molar-refractivity contribution is 6.76. The normalized spacial score (nSPS) is 11.8. The fraction of sp³-hybridized carbons (Fsp3) is 0.438. The van der Waals surface area contributed by atoms with E-state index in [9.17, 15) is 5.11 Å². The lowest BCUT2D eigenvalue weighted by Crippen LogP contribution is -2.22. The Morgan fingerprint density at radius 3 is 2.67 bits per heavy atom. The van der Waals surface area contributed by atoms with Crippen LogP contribution in [0.3, 0.4) is 0 Å². The summed E-state index contributed by atoms with van der Waals surface area (Å²) in [5, 5.41) is 14.1. The number of aromatic hydroxyl groups is 1. The van der Waals surface area contributed by atoms with E-state index in [0.717, 1.165) is 29.3 Å². The van der Waals surface area contributed by atoms with Crippen molar-refractivity contribution in [3.05, 3.63) is 36.2 Å². The molecule has 0 radical (unpaired) electrons. The molecule has 0 aliphatic heterocycles. The number of aromatic nitrogens is 2.